The number of pyridine rings is 1. The standard InChI is InChI=1S/C35H27FN4O3S/c36-29-15-7-8-16-30(29)39-35(43)32(25-11-3-1-4-12-25)44-28-19-17-27(18-20-28)38-34(42)31(22-24-10-9-21-37-23-24)40-33(41)26-13-5-2-6-14-26/h1-23,32H,(H,38,42)(H,39,43)(H,40,41)/b31-22-. The number of aromatic nitrogens is 1. The molecule has 4 aromatic carbocycles. The molecular formula is C35H27FN4O3S. The monoisotopic (exact) mass is 602 g/mol. The van der Waals surface area contributed by atoms with Gasteiger partial charge in [0.1, 0.15) is 16.8 Å². The first-order valence-electron chi connectivity index (χ1n) is 13.6. The number of halogens is 1. The summed E-state index contributed by atoms with van der Waals surface area (Å²) in [4.78, 5) is 44.3. The topological polar surface area (TPSA) is 100 Å². The van der Waals surface area contributed by atoms with Crippen LogP contribution in [0.15, 0.2) is 144 Å². The molecular weight excluding hydrogens is 575 g/mol. The van der Waals surface area contributed by atoms with Crippen molar-refractivity contribution in [3.8, 4) is 0 Å². The van der Waals surface area contributed by atoms with Crippen LogP contribution in [0.2, 0.25) is 0 Å². The molecule has 1 atom stereocenters. The molecule has 0 saturated carbocycles. The summed E-state index contributed by atoms with van der Waals surface area (Å²) in [6, 6.07) is 34.3. The molecule has 9 heteroatoms. The van der Waals surface area contributed by atoms with Crippen LogP contribution in [0.1, 0.15) is 26.7 Å². The molecule has 7 nitrogen and oxygen atoms in total. The zero-order valence-corrected chi connectivity index (χ0v) is 24.1. The van der Waals surface area contributed by atoms with Crippen LogP contribution in [0.4, 0.5) is 15.8 Å². The molecule has 0 radical (unpaired) electrons. The van der Waals surface area contributed by atoms with Crippen molar-refractivity contribution in [2.45, 2.75) is 10.1 Å². The summed E-state index contributed by atoms with van der Waals surface area (Å²) in [5.74, 6) is -1.84. The number of rotatable bonds is 10. The van der Waals surface area contributed by atoms with Crippen LogP contribution >= 0.6 is 11.8 Å². The van der Waals surface area contributed by atoms with Crippen LogP contribution < -0.4 is 16.0 Å². The second kappa shape index (κ2) is 14.6. The fraction of sp³-hybridized carbons (Fsp3) is 0.0286. The molecule has 0 saturated heterocycles. The number of hydrogen-bond acceptors (Lipinski definition) is 5. The molecule has 0 fully saturated rings. The van der Waals surface area contributed by atoms with Crippen LogP contribution in [-0.4, -0.2) is 22.7 Å². The van der Waals surface area contributed by atoms with E-state index in [2.05, 4.69) is 20.9 Å². The number of carbonyl (C=O) groups is 3. The van der Waals surface area contributed by atoms with Crippen molar-refractivity contribution in [2.24, 2.45) is 0 Å². The lowest BCUT2D eigenvalue weighted by molar-refractivity contribution is -0.116. The van der Waals surface area contributed by atoms with Crippen molar-refractivity contribution in [3.63, 3.8) is 0 Å². The van der Waals surface area contributed by atoms with Gasteiger partial charge in [-0.2, -0.15) is 0 Å². The molecule has 5 aromatic rings. The first kappa shape index (κ1) is 29.9. The van der Waals surface area contributed by atoms with E-state index in [-0.39, 0.29) is 17.3 Å². The Balaban J connectivity index is 1.32. The third-order valence-electron chi connectivity index (χ3n) is 6.36. The normalized spacial score (nSPS) is 11.7. The number of para-hydroxylation sites is 1. The fourth-order valence-corrected chi connectivity index (χ4v) is 5.21. The third-order valence-corrected chi connectivity index (χ3v) is 7.63. The van der Waals surface area contributed by atoms with E-state index in [1.54, 1.807) is 97.3 Å². The summed E-state index contributed by atoms with van der Waals surface area (Å²) in [5, 5.41) is 7.54. The lowest BCUT2D eigenvalue weighted by Crippen LogP contribution is -2.30. The second-order valence-electron chi connectivity index (χ2n) is 9.52. The molecule has 5 rings (SSSR count). The van der Waals surface area contributed by atoms with Crippen LogP contribution in [0.3, 0.4) is 0 Å². The van der Waals surface area contributed by atoms with Crippen molar-refractivity contribution in [2.75, 3.05) is 10.6 Å². The SMILES string of the molecule is O=C(Nc1ccc(SC(C(=O)Nc2ccccc2F)c2ccccc2)cc1)/C(=C/c1cccnc1)NC(=O)c1ccccc1. The Bertz CT molecular complexity index is 1770. The summed E-state index contributed by atoms with van der Waals surface area (Å²) in [6.45, 7) is 0. The molecule has 218 valence electrons. The quantitative estimate of drug-likeness (QED) is 0.117. The van der Waals surface area contributed by atoms with E-state index in [0.717, 1.165) is 10.5 Å². The number of amides is 3. The summed E-state index contributed by atoms with van der Waals surface area (Å²) in [5.41, 5.74) is 2.43. The molecule has 0 aliphatic rings. The van der Waals surface area contributed by atoms with E-state index >= 15 is 0 Å². The maximum Gasteiger partial charge on any atom is 0.272 e. The lowest BCUT2D eigenvalue weighted by Gasteiger charge is -2.18. The number of nitrogens with one attached hydrogen (secondary N) is 3. The van der Waals surface area contributed by atoms with E-state index in [4.69, 9.17) is 0 Å². The Morgan fingerprint density at radius 1 is 0.750 bits per heavy atom. The second-order valence-corrected chi connectivity index (χ2v) is 10.7. The molecule has 3 N–H and O–H groups in total. The number of benzene rings is 4. The predicted molar refractivity (Wildman–Crippen MR) is 171 cm³/mol. The molecule has 1 unspecified atom stereocenters. The molecule has 0 bridgehead atoms. The van der Waals surface area contributed by atoms with Gasteiger partial charge in [-0.05, 0) is 71.8 Å². The Kier molecular flexibility index (Phi) is 9.91. The maximum atomic E-state index is 14.2. The molecule has 3 amide bonds. The summed E-state index contributed by atoms with van der Waals surface area (Å²) >= 11 is 1.29. The van der Waals surface area contributed by atoms with Crippen LogP contribution in [0.25, 0.3) is 6.08 Å². The average Bonchev–Trinajstić information content (AvgIpc) is 3.06. The summed E-state index contributed by atoms with van der Waals surface area (Å²) in [7, 11) is 0. The van der Waals surface area contributed by atoms with E-state index in [9.17, 15) is 18.8 Å². The van der Waals surface area contributed by atoms with Gasteiger partial charge in [-0.25, -0.2) is 4.39 Å². The van der Waals surface area contributed by atoms with Gasteiger partial charge in [-0.3, -0.25) is 19.4 Å². The van der Waals surface area contributed by atoms with Crippen LogP contribution in [-0.2, 0) is 9.59 Å². The molecule has 0 spiro atoms. The van der Waals surface area contributed by atoms with Crippen molar-refractivity contribution >= 4 is 46.9 Å². The Morgan fingerprint density at radius 3 is 2.11 bits per heavy atom. The Labute approximate surface area is 258 Å². The van der Waals surface area contributed by atoms with Crippen molar-refractivity contribution in [1.82, 2.24) is 10.3 Å². The van der Waals surface area contributed by atoms with Crippen molar-refractivity contribution in [3.05, 3.63) is 162 Å². The van der Waals surface area contributed by atoms with E-state index in [0.29, 0.717) is 16.8 Å². The Hall–Kier alpha value is -5.54. The minimum Gasteiger partial charge on any atom is -0.322 e. The van der Waals surface area contributed by atoms with Gasteiger partial charge in [-0.15, -0.1) is 11.8 Å². The summed E-state index contributed by atoms with van der Waals surface area (Å²) < 4.78 is 14.2. The first-order chi connectivity index (χ1) is 21.5. The highest BCUT2D eigenvalue weighted by molar-refractivity contribution is 8.00. The van der Waals surface area contributed by atoms with Crippen molar-refractivity contribution in [1.29, 1.82) is 0 Å². The zero-order valence-electron chi connectivity index (χ0n) is 23.3. The highest BCUT2D eigenvalue weighted by Gasteiger charge is 2.23. The van der Waals surface area contributed by atoms with Gasteiger partial charge in [0.05, 0.1) is 5.69 Å². The van der Waals surface area contributed by atoms with Gasteiger partial charge >= 0.3 is 0 Å². The molecule has 1 heterocycles. The molecule has 44 heavy (non-hydrogen) atoms. The molecule has 0 aliphatic carbocycles. The number of carbonyl (C=O) groups excluding carboxylic acids is 3. The minimum atomic E-state index is -0.668. The maximum absolute atomic E-state index is 14.2. The molecule has 0 aliphatic heterocycles. The van der Waals surface area contributed by atoms with Gasteiger partial charge in [0.25, 0.3) is 11.8 Å². The fourth-order valence-electron chi connectivity index (χ4n) is 4.18. The third kappa shape index (κ3) is 8.05. The van der Waals surface area contributed by atoms with E-state index in [1.807, 2.05) is 30.3 Å². The zero-order chi connectivity index (χ0) is 30.7. The average molecular weight is 603 g/mol. The van der Waals surface area contributed by atoms with Crippen molar-refractivity contribution < 1.29 is 18.8 Å². The predicted octanol–water partition coefficient (Wildman–Crippen LogP) is 7.10. The van der Waals surface area contributed by atoms with Crippen LogP contribution in [0, 0.1) is 5.82 Å². The van der Waals surface area contributed by atoms with Gasteiger partial charge in [-0.1, -0.05) is 66.7 Å². The van der Waals surface area contributed by atoms with E-state index in [1.165, 1.54) is 23.9 Å². The first-order valence-corrected chi connectivity index (χ1v) is 14.5. The Morgan fingerprint density at radius 2 is 1.43 bits per heavy atom. The molecule has 1 aromatic heterocycles. The number of nitrogens with zero attached hydrogens (tertiary/aromatic N) is 1. The van der Waals surface area contributed by atoms with Gasteiger partial charge < -0.3 is 16.0 Å². The number of hydrogen-bond donors (Lipinski definition) is 3. The van der Waals surface area contributed by atoms with Crippen LogP contribution in [0.5, 0.6) is 0 Å². The van der Waals surface area contributed by atoms with Gasteiger partial charge in [0.15, 0.2) is 0 Å². The number of anilines is 2. The van der Waals surface area contributed by atoms with E-state index < -0.39 is 22.9 Å². The van der Waals surface area contributed by atoms with Gasteiger partial charge in [0.2, 0.25) is 5.91 Å². The number of thioether (sulfide) groups is 1. The lowest BCUT2D eigenvalue weighted by atomic mass is 10.1. The highest BCUT2D eigenvalue weighted by Crippen LogP contribution is 2.37. The van der Waals surface area contributed by atoms with Gasteiger partial charge in [0, 0.05) is 28.5 Å². The minimum absolute atomic E-state index is 0.0410. The largest absolute Gasteiger partial charge is 0.322 e. The summed E-state index contributed by atoms with van der Waals surface area (Å²) in [6.07, 6.45) is 4.75. The highest BCUT2D eigenvalue weighted by atomic mass is 32.2. The smallest absolute Gasteiger partial charge is 0.272 e.